The number of nitrogens with one attached hydrogen (secondary N) is 1. The molecule has 0 fully saturated rings. The van der Waals surface area contributed by atoms with E-state index in [0.29, 0.717) is 11.4 Å². The molecule has 0 aliphatic carbocycles. The fourth-order valence-corrected chi connectivity index (χ4v) is 1.14. The van der Waals surface area contributed by atoms with Gasteiger partial charge in [-0.25, -0.2) is 4.79 Å². The summed E-state index contributed by atoms with van der Waals surface area (Å²) in [6.07, 6.45) is 1.39. The van der Waals surface area contributed by atoms with Crippen molar-refractivity contribution in [2.45, 2.75) is 13.5 Å². The molecule has 84 valence electrons. The molecule has 0 unspecified atom stereocenters. The van der Waals surface area contributed by atoms with Crippen LogP contribution in [-0.2, 0) is 16.1 Å². The first-order chi connectivity index (χ1) is 7.71. The first kappa shape index (κ1) is 12.0. The van der Waals surface area contributed by atoms with Crippen molar-refractivity contribution in [1.82, 2.24) is 4.98 Å². The normalized spacial score (nSPS) is 10.9. The minimum atomic E-state index is -0.648. The largest absolute Gasteiger partial charge is 0.462 e. The number of nitriles is 1. The Hall–Kier alpha value is -2.06. The number of aliphatic hydroxyl groups excluding tert-OH is 1. The van der Waals surface area contributed by atoms with Gasteiger partial charge in [0.05, 0.1) is 13.2 Å². The quantitative estimate of drug-likeness (QED) is 0.450. The fourth-order valence-electron chi connectivity index (χ4n) is 1.14. The third-order valence-corrected chi connectivity index (χ3v) is 1.85. The van der Waals surface area contributed by atoms with Crippen LogP contribution in [0, 0.1) is 11.3 Å². The first-order valence-corrected chi connectivity index (χ1v) is 4.79. The molecule has 0 saturated heterocycles. The number of esters is 1. The van der Waals surface area contributed by atoms with Gasteiger partial charge in [-0.05, 0) is 25.1 Å². The number of carbonyl (C=O) groups excluding carboxylic acids is 1. The van der Waals surface area contributed by atoms with E-state index in [2.05, 4.69) is 4.98 Å². The molecule has 1 aromatic heterocycles. The third-order valence-electron chi connectivity index (χ3n) is 1.85. The molecule has 1 rings (SSSR count). The van der Waals surface area contributed by atoms with Crippen molar-refractivity contribution in [2.75, 3.05) is 6.61 Å². The zero-order chi connectivity index (χ0) is 12.0. The topological polar surface area (TPSA) is 86.1 Å². The van der Waals surface area contributed by atoms with Gasteiger partial charge in [0.2, 0.25) is 0 Å². The average molecular weight is 220 g/mol. The van der Waals surface area contributed by atoms with E-state index >= 15 is 0 Å². The molecule has 0 aliphatic rings. The SMILES string of the molecule is CCOC(=O)/C(C#N)=C/c1ccc(CO)[nH]1. The number of hydrogen-bond acceptors (Lipinski definition) is 4. The Labute approximate surface area is 93.0 Å². The zero-order valence-electron chi connectivity index (χ0n) is 8.86. The number of carbonyl (C=O) groups is 1. The maximum Gasteiger partial charge on any atom is 0.348 e. The number of ether oxygens (including phenoxy) is 1. The van der Waals surface area contributed by atoms with E-state index in [-0.39, 0.29) is 18.8 Å². The van der Waals surface area contributed by atoms with Crippen LogP contribution in [0.1, 0.15) is 18.3 Å². The maximum atomic E-state index is 11.3. The van der Waals surface area contributed by atoms with Crippen LogP contribution in [0.4, 0.5) is 0 Å². The smallest absolute Gasteiger partial charge is 0.348 e. The number of rotatable bonds is 4. The van der Waals surface area contributed by atoms with Crippen LogP contribution in [0.15, 0.2) is 17.7 Å². The van der Waals surface area contributed by atoms with Gasteiger partial charge in [0.1, 0.15) is 11.6 Å². The Kier molecular flexibility index (Phi) is 4.30. The highest BCUT2D eigenvalue weighted by molar-refractivity contribution is 5.97. The summed E-state index contributed by atoms with van der Waals surface area (Å²) >= 11 is 0. The van der Waals surface area contributed by atoms with Crippen LogP contribution in [0.2, 0.25) is 0 Å². The van der Waals surface area contributed by atoms with E-state index in [4.69, 9.17) is 15.1 Å². The Morgan fingerprint density at radius 3 is 2.94 bits per heavy atom. The van der Waals surface area contributed by atoms with Gasteiger partial charge in [0.25, 0.3) is 0 Å². The summed E-state index contributed by atoms with van der Waals surface area (Å²) < 4.78 is 4.71. The molecular formula is C11H12N2O3. The summed E-state index contributed by atoms with van der Waals surface area (Å²) in [5.74, 6) is -0.648. The van der Waals surface area contributed by atoms with E-state index in [1.54, 1.807) is 25.1 Å². The number of H-pyrrole nitrogens is 1. The van der Waals surface area contributed by atoms with Crippen molar-refractivity contribution in [2.24, 2.45) is 0 Å². The molecule has 0 aliphatic heterocycles. The summed E-state index contributed by atoms with van der Waals surface area (Å²) in [6, 6.07) is 5.11. The molecule has 16 heavy (non-hydrogen) atoms. The van der Waals surface area contributed by atoms with Gasteiger partial charge in [-0.1, -0.05) is 0 Å². The molecule has 0 radical (unpaired) electrons. The lowest BCUT2D eigenvalue weighted by molar-refractivity contribution is -0.137. The summed E-state index contributed by atoms with van der Waals surface area (Å²) in [4.78, 5) is 14.1. The molecule has 1 aromatic rings. The minimum Gasteiger partial charge on any atom is -0.462 e. The second-order valence-electron chi connectivity index (χ2n) is 2.99. The number of aromatic amines is 1. The molecule has 1 heterocycles. The fraction of sp³-hybridized carbons (Fsp3) is 0.273. The lowest BCUT2D eigenvalue weighted by Gasteiger charge is -1.98. The zero-order valence-corrected chi connectivity index (χ0v) is 8.86. The van der Waals surface area contributed by atoms with E-state index in [9.17, 15) is 4.79 Å². The summed E-state index contributed by atoms with van der Waals surface area (Å²) in [6.45, 7) is 1.78. The van der Waals surface area contributed by atoms with E-state index in [0.717, 1.165) is 0 Å². The standard InChI is InChI=1S/C11H12N2O3/c1-2-16-11(15)8(6-12)5-9-3-4-10(7-14)13-9/h3-5,13-14H,2,7H2,1H3/b8-5+. The first-order valence-electron chi connectivity index (χ1n) is 4.79. The van der Waals surface area contributed by atoms with Crippen LogP contribution < -0.4 is 0 Å². The number of hydrogen-bond donors (Lipinski definition) is 2. The number of aromatic nitrogens is 1. The Morgan fingerprint density at radius 1 is 1.69 bits per heavy atom. The van der Waals surface area contributed by atoms with E-state index < -0.39 is 5.97 Å². The maximum absolute atomic E-state index is 11.3. The van der Waals surface area contributed by atoms with E-state index in [1.165, 1.54) is 6.08 Å². The lowest BCUT2D eigenvalue weighted by atomic mass is 10.2. The van der Waals surface area contributed by atoms with Gasteiger partial charge in [-0.15, -0.1) is 0 Å². The van der Waals surface area contributed by atoms with Gasteiger partial charge in [-0.2, -0.15) is 5.26 Å². The third kappa shape index (κ3) is 2.97. The lowest BCUT2D eigenvalue weighted by Crippen LogP contribution is -2.06. The summed E-state index contributed by atoms with van der Waals surface area (Å²) in [5, 5.41) is 17.6. The van der Waals surface area contributed by atoms with Crippen LogP contribution in [0.5, 0.6) is 0 Å². The molecule has 0 spiro atoms. The number of nitrogens with zero attached hydrogens (tertiary/aromatic N) is 1. The van der Waals surface area contributed by atoms with Crippen molar-refractivity contribution in [1.29, 1.82) is 5.26 Å². The van der Waals surface area contributed by atoms with Gasteiger partial charge in [0.15, 0.2) is 0 Å². The Balaban J connectivity index is 2.88. The minimum absolute atomic E-state index is 0.0758. The Morgan fingerprint density at radius 2 is 2.44 bits per heavy atom. The van der Waals surface area contributed by atoms with Crippen molar-refractivity contribution in [3.8, 4) is 6.07 Å². The van der Waals surface area contributed by atoms with Gasteiger partial charge >= 0.3 is 5.97 Å². The highest BCUT2D eigenvalue weighted by Crippen LogP contribution is 2.08. The molecule has 2 N–H and O–H groups in total. The average Bonchev–Trinajstić information content (AvgIpc) is 2.73. The molecule has 0 atom stereocenters. The van der Waals surface area contributed by atoms with Crippen LogP contribution >= 0.6 is 0 Å². The summed E-state index contributed by atoms with van der Waals surface area (Å²) in [7, 11) is 0. The highest BCUT2D eigenvalue weighted by atomic mass is 16.5. The van der Waals surface area contributed by atoms with Gasteiger partial charge in [0, 0.05) is 11.4 Å². The molecule has 0 bridgehead atoms. The molecule has 0 amide bonds. The predicted molar refractivity (Wildman–Crippen MR) is 56.9 cm³/mol. The van der Waals surface area contributed by atoms with Crippen molar-refractivity contribution in [3.63, 3.8) is 0 Å². The van der Waals surface area contributed by atoms with Gasteiger partial charge < -0.3 is 14.8 Å². The van der Waals surface area contributed by atoms with Crippen molar-refractivity contribution >= 4 is 12.0 Å². The molecule has 0 aromatic carbocycles. The monoisotopic (exact) mass is 220 g/mol. The van der Waals surface area contributed by atoms with Gasteiger partial charge in [-0.3, -0.25) is 0 Å². The van der Waals surface area contributed by atoms with Crippen LogP contribution in [-0.4, -0.2) is 22.7 Å². The Bertz CT molecular complexity index is 440. The molecule has 0 saturated carbocycles. The molecule has 5 nitrogen and oxygen atoms in total. The summed E-state index contributed by atoms with van der Waals surface area (Å²) in [5.41, 5.74) is 1.12. The van der Waals surface area contributed by atoms with Crippen LogP contribution in [0.25, 0.3) is 6.08 Å². The molecule has 5 heteroatoms. The van der Waals surface area contributed by atoms with Crippen molar-refractivity contribution in [3.05, 3.63) is 29.1 Å². The highest BCUT2D eigenvalue weighted by Gasteiger charge is 2.09. The van der Waals surface area contributed by atoms with E-state index in [1.807, 2.05) is 0 Å². The molecular weight excluding hydrogens is 208 g/mol. The van der Waals surface area contributed by atoms with Crippen molar-refractivity contribution < 1.29 is 14.6 Å². The number of aliphatic hydroxyl groups is 1. The second-order valence-corrected chi connectivity index (χ2v) is 2.99. The second kappa shape index (κ2) is 5.73. The predicted octanol–water partition coefficient (Wildman–Crippen LogP) is 0.977. The van der Waals surface area contributed by atoms with Crippen LogP contribution in [0.3, 0.4) is 0 Å².